The summed E-state index contributed by atoms with van der Waals surface area (Å²) in [6, 6.07) is 3.09. The van der Waals surface area contributed by atoms with Crippen LogP contribution in [0.1, 0.15) is 36.4 Å². The smallest absolute Gasteiger partial charge is 0.352 e. The number of hydrogen-bond donors (Lipinski definition) is 2. The molecule has 6 heterocycles. The number of imidazole rings is 1. The monoisotopic (exact) mass is 539 g/mol. The maximum Gasteiger partial charge on any atom is 0.417 e. The van der Waals surface area contributed by atoms with Crippen LogP contribution in [0.25, 0.3) is 17.2 Å². The van der Waals surface area contributed by atoms with Gasteiger partial charge in [0.2, 0.25) is 11.8 Å². The lowest BCUT2D eigenvalue weighted by Crippen LogP contribution is -2.57. The summed E-state index contributed by atoms with van der Waals surface area (Å²) >= 11 is 0. The van der Waals surface area contributed by atoms with E-state index in [0.29, 0.717) is 56.1 Å². The molecule has 39 heavy (non-hydrogen) atoms. The van der Waals surface area contributed by atoms with Crippen molar-refractivity contribution in [2.45, 2.75) is 37.5 Å². The average molecular weight is 540 g/mol. The highest BCUT2D eigenvalue weighted by Gasteiger charge is 2.37. The van der Waals surface area contributed by atoms with Crippen molar-refractivity contribution in [1.82, 2.24) is 39.8 Å². The van der Waals surface area contributed by atoms with Gasteiger partial charge in [0.25, 0.3) is 0 Å². The molecule has 0 aromatic carbocycles. The molecule has 0 aliphatic carbocycles. The van der Waals surface area contributed by atoms with Crippen LogP contribution in [0.2, 0.25) is 0 Å². The molecule has 0 spiro atoms. The van der Waals surface area contributed by atoms with Crippen LogP contribution in [0.4, 0.5) is 19.0 Å². The molecule has 2 N–H and O–H groups in total. The normalized spacial score (nSPS) is 20.3. The standard InChI is InChI=1S/C25H24F3N9O2/c26-25(27,28)16-4-5-20-30-12-18(37(20)13-16)23-29-7-6-21(34-23)35-8-9-36(19(14-35)15-10-31-32-11-15)24(39)17-2-1-3-22(38)33-17/h4-7,10-13,17,19H,1-3,8-9,14H2,(H,31,32)(H,33,38)/t17-,19+/m0/s1. The Morgan fingerprint density at radius 3 is 2.74 bits per heavy atom. The first-order valence-corrected chi connectivity index (χ1v) is 12.5. The Morgan fingerprint density at radius 2 is 1.97 bits per heavy atom. The highest BCUT2D eigenvalue weighted by atomic mass is 19.4. The molecular formula is C25H24F3N9O2. The van der Waals surface area contributed by atoms with Crippen LogP contribution < -0.4 is 10.2 Å². The zero-order valence-corrected chi connectivity index (χ0v) is 20.6. The quantitative estimate of drug-likeness (QED) is 0.409. The van der Waals surface area contributed by atoms with E-state index >= 15 is 0 Å². The van der Waals surface area contributed by atoms with Gasteiger partial charge in [0.05, 0.1) is 24.0 Å². The van der Waals surface area contributed by atoms with Gasteiger partial charge in [0, 0.05) is 50.2 Å². The third kappa shape index (κ3) is 4.77. The first-order valence-electron chi connectivity index (χ1n) is 12.5. The van der Waals surface area contributed by atoms with Crippen LogP contribution >= 0.6 is 0 Å². The number of aromatic amines is 1. The number of carbonyl (C=O) groups is 2. The van der Waals surface area contributed by atoms with Crippen molar-refractivity contribution < 1.29 is 22.8 Å². The van der Waals surface area contributed by atoms with Crippen LogP contribution in [0.3, 0.4) is 0 Å². The van der Waals surface area contributed by atoms with Crippen LogP contribution in [-0.2, 0) is 15.8 Å². The summed E-state index contributed by atoms with van der Waals surface area (Å²) in [5.74, 6) is 0.529. The Labute approximate surface area is 220 Å². The Morgan fingerprint density at radius 1 is 1.10 bits per heavy atom. The van der Waals surface area contributed by atoms with Crippen molar-refractivity contribution in [2.24, 2.45) is 0 Å². The molecule has 0 unspecified atom stereocenters. The number of aromatic nitrogens is 6. The highest BCUT2D eigenvalue weighted by molar-refractivity contribution is 5.89. The minimum atomic E-state index is -4.50. The molecule has 14 heteroatoms. The van der Waals surface area contributed by atoms with Gasteiger partial charge in [-0.15, -0.1) is 0 Å². The summed E-state index contributed by atoms with van der Waals surface area (Å²) in [6.45, 7) is 1.24. The SMILES string of the molecule is O=C1CCC[C@@H](C(=O)N2CCN(c3ccnc(-c4cnc5ccc(C(F)(F)F)cn45)n3)C[C@@H]2c2cn[nH]c2)N1. The zero-order valence-electron chi connectivity index (χ0n) is 20.6. The highest BCUT2D eigenvalue weighted by Crippen LogP contribution is 2.32. The van der Waals surface area contributed by atoms with Gasteiger partial charge in [-0.2, -0.15) is 18.3 Å². The molecule has 6 rings (SSSR count). The van der Waals surface area contributed by atoms with Crippen LogP contribution in [0, 0.1) is 0 Å². The fourth-order valence-electron chi connectivity index (χ4n) is 5.14. The van der Waals surface area contributed by atoms with E-state index in [-0.39, 0.29) is 23.7 Å². The summed E-state index contributed by atoms with van der Waals surface area (Å²) < 4.78 is 41.3. The van der Waals surface area contributed by atoms with Crippen LogP contribution in [-0.4, -0.2) is 71.9 Å². The number of pyridine rings is 1. The van der Waals surface area contributed by atoms with Crippen molar-refractivity contribution in [3.8, 4) is 11.5 Å². The number of amides is 2. The molecule has 2 saturated heterocycles. The largest absolute Gasteiger partial charge is 0.417 e. The molecule has 4 aromatic rings. The minimum absolute atomic E-state index is 0.124. The second-order valence-corrected chi connectivity index (χ2v) is 9.56. The molecule has 11 nitrogen and oxygen atoms in total. The topological polar surface area (TPSA) is 124 Å². The number of hydrogen-bond acceptors (Lipinski definition) is 7. The third-order valence-corrected chi connectivity index (χ3v) is 7.12. The van der Waals surface area contributed by atoms with E-state index in [2.05, 4.69) is 30.5 Å². The number of alkyl halides is 3. The van der Waals surface area contributed by atoms with E-state index in [4.69, 9.17) is 0 Å². The third-order valence-electron chi connectivity index (χ3n) is 7.12. The number of H-pyrrole nitrogens is 1. The molecule has 2 fully saturated rings. The minimum Gasteiger partial charge on any atom is -0.352 e. The molecule has 0 saturated carbocycles. The molecule has 0 radical (unpaired) electrons. The number of piperidine rings is 1. The number of fused-ring (bicyclic) bond motifs is 1. The zero-order chi connectivity index (χ0) is 27.1. The summed E-state index contributed by atoms with van der Waals surface area (Å²) in [6.07, 6.45) is 4.54. The summed E-state index contributed by atoms with van der Waals surface area (Å²) in [4.78, 5) is 42.3. The van der Waals surface area contributed by atoms with Gasteiger partial charge >= 0.3 is 6.18 Å². The van der Waals surface area contributed by atoms with Crippen molar-refractivity contribution >= 4 is 23.3 Å². The number of rotatable bonds is 4. The average Bonchev–Trinajstić information content (AvgIpc) is 3.62. The lowest BCUT2D eigenvalue weighted by molar-refractivity contribution is -0.140. The number of nitrogens with one attached hydrogen (secondary N) is 2. The van der Waals surface area contributed by atoms with Crippen molar-refractivity contribution in [1.29, 1.82) is 0 Å². The van der Waals surface area contributed by atoms with Gasteiger partial charge in [-0.1, -0.05) is 0 Å². The van der Waals surface area contributed by atoms with E-state index in [1.807, 2.05) is 4.90 Å². The molecule has 2 aliphatic rings. The van der Waals surface area contributed by atoms with Crippen molar-refractivity contribution in [2.75, 3.05) is 24.5 Å². The predicted octanol–water partition coefficient (Wildman–Crippen LogP) is 2.59. The van der Waals surface area contributed by atoms with Gasteiger partial charge in [-0.05, 0) is 31.0 Å². The first kappa shape index (κ1) is 24.8. The maximum absolute atomic E-state index is 13.4. The van der Waals surface area contributed by atoms with E-state index in [1.54, 1.807) is 29.6 Å². The first-order chi connectivity index (χ1) is 18.8. The lowest BCUT2D eigenvalue weighted by atomic mass is 9.99. The van der Waals surface area contributed by atoms with Gasteiger partial charge in [0.1, 0.15) is 23.2 Å². The van der Waals surface area contributed by atoms with Gasteiger partial charge in [-0.25, -0.2) is 15.0 Å². The van der Waals surface area contributed by atoms with Gasteiger partial charge in [0.15, 0.2) is 5.82 Å². The second kappa shape index (κ2) is 9.67. The van der Waals surface area contributed by atoms with E-state index < -0.39 is 17.8 Å². The van der Waals surface area contributed by atoms with Gasteiger partial charge < -0.3 is 15.1 Å². The molecule has 2 atom stereocenters. The molecular weight excluding hydrogens is 515 g/mol. The maximum atomic E-state index is 13.4. The number of nitrogens with zero attached hydrogens (tertiary/aromatic N) is 7. The number of anilines is 1. The van der Waals surface area contributed by atoms with Crippen LogP contribution in [0.15, 0.2) is 49.2 Å². The van der Waals surface area contributed by atoms with Crippen molar-refractivity contribution in [3.05, 3.63) is 60.3 Å². The van der Waals surface area contributed by atoms with Crippen molar-refractivity contribution in [3.63, 3.8) is 0 Å². The summed E-state index contributed by atoms with van der Waals surface area (Å²) in [5.41, 5.74) is 0.675. The molecule has 4 aromatic heterocycles. The predicted molar refractivity (Wildman–Crippen MR) is 132 cm³/mol. The molecule has 2 amide bonds. The van der Waals surface area contributed by atoms with E-state index in [0.717, 1.165) is 17.8 Å². The fraction of sp³-hybridized carbons (Fsp3) is 0.360. The molecule has 202 valence electrons. The lowest BCUT2D eigenvalue weighted by Gasteiger charge is -2.43. The van der Waals surface area contributed by atoms with E-state index in [9.17, 15) is 22.8 Å². The molecule has 2 aliphatic heterocycles. The Balaban J connectivity index is 1.28. The summed E-state index contributed by atoms with van der Waals surface area (Å²) in [7, 11) is 0. The Hall–Kier alpha value is -4.49. The summed E-state index contributed by atoms with van der Waals surface area (Å²) in [5, 5.41) is 9.65. The van der Waals surface area contributed by atoms with E-state index in [1.165, 1.54) is 16.7 Å². The van der Waals surface area contributed by atoms with Gasteiger partial charge in [-0.3, -0.25) is 19.1 Å². The fourth-order valence-corrected chi connectivity index (χ4v) is 5.14. The number of halogens is 3. The Bertz CT molecular complexity index is 1520. The Kier molecular flexibility index (Phi) is 6.16. The molecule has 0 bridgehead atoms. The number of carbonyl (C=O) groups excluding carboxylic acids is 2. The number of piperazine rings is 1. The second-order valence-electron chi connectivity index (χ2n) is 9.56. The van der Waals surface area contributed by atoms with Crippen LogP contribution in [0.5, 0.6) is 0 Å².